The molecule has 0 bridgehead atoms. The quantitative estimate of drug-likeness (QED) is 0.564. The van der Waals surface area contributed by atoms with Crippen molar-refractivity contribution in [1.82, 2.24) is 9.78 Å². The third kappa shape index (κ3) is 0.671. The molecular formula is C7H8N2S. The predicted octanol–water partition coefficient (Wildman–Crippen LogP) is 1.94. The van der Waals surface area contributed by atoms with E-state index in [1.165, 1.54) is 15.1 Å². The molecule has 2 heterocycles. The van der Waals surface area contributed by atoms with Gasteiger partial charge in [-0.3, -0.25) is 4.68 Å². The topological polar surface area (TPSA) is 17.8 Å². The van der Waals surface area contributed by atoms with Gasteiger partial charge in [-0.05, 0) is 13.0 Å². The van der Waals surface area contributed by atoms with E-state index in [1.54, 1.807) is 11.3 Å². The molecular weight excluding hydrogens is 144 g/mol. The van der Waals surface area contributed by atoms with Crippen molar-refractivity contribution in [2.75, 3.05) is 0 Å². The van der Waals surface area contributed by atoms with Crippen LogP contribution in [0.1, 0.15) is 4.88 Å². The lowest BCUT2D eigenvalue weighted by Crippen LogP contribution is -1.85. The number of aromatic nitrogens is 2. The molecule has 0 N–H and O–H groups in total. The molecule has 2 rings (SSSR count). The summed E-state index contributed by atoms with van der Waals surface area (Å²) in [6, 6.07) is 2.16. The van der Waals surface area contributed by atoms with Gasteiger partial charge in [0.2, 0.25) is 0 Å². The normalized spacial score (nSPS) is 11.0. The number of hydrogen-bond donors (Lipinski definition) is 0. The first-order valence-corrected chi connectivity index (χ1v) is 3.97. The first-order valence-electron chi connectivity index (χ1n) is 3.15. The molecule has 0 radical (unpaired) electrons. The van der Waals surface area contributed by atoms with Crippen molar-refractivity contribution in [3.63, 3.8) is 0 Å². The fourth-order valence-electron chi connectivity index (χ4n) is 1.07. The Morgan fingerprint density at radius 3 is 3.10 bits per heavy atom. The molecule has 0 spiro atoms. The van der Waals surface area contributed by atoms with Gasteiger partial charge in [0.15, 0.2) is 0 Å². The zero-order valence-electron chi connectivity index (χ0n) is 5.96. The maximum atomic E-state index is 4.12. The van der Waals surface area contributed by atoms with Gasteiger partial charge in [0.1, 0.15) is 4.83 Å². The summed E-state index contributed by atoms with van der Waals surface area (Å²) in [5.74, 6) is 0. The minimum atomic E-state index is 1.25. The Morgan fingerprint density at radius 2 is 2.40 bits per heavy atom. The molecule has 0 fully saturated rings. The van der Waals surface area contributed by atoms with Crippen molar-refractivity contribution in [1.29, 1.82) is 0 Å². The van der Waals surface area contributed by atoms with Crippen LogP contribution in [0.5, 0.6) is 0 Å². The van der Waals surface area contributed by atoms with E-state index in [2.05, 4.69) is 18.1 Å². The van der Waals surface area contributed by atoms with Gasteiger partial charge in [0.05, 0.1) is 6.20 Å². The second kappa shape index (κ2) is 1.83. The zero-order chi connectivity index (χ0) is 7.14. The van der Waals surface area contributed by atoms with E-state index in [-0.39, 0.29) is 0 Å². The van der Waals surface area contributed by atoms with Crippen LogP contribution in [0.3, 0.4) is 0 Å². The first kappa shape index (κ1) is 5.92. The highest BCUT2D eigenvalue weighted by molar-refractivity contribution is 7.18. The highest BCUT2D eigenvalue weighted by Crippen LogP contribution is 2.23. The molecule has 0 aliphatic heterocycles. The second-order valence-electron chi connectivity index (χ2n) is 2.39. The molecule has 52 valence electrons. The van der Waals surface area contributed by atoms with Gasteiger partial charge in [0, 0.05) is 17.3 Å². The molecule has 0 aliphatic rings. The van der Waals surface area contributed by atoms with Crippen LogP contribution in [0.2, 0.25) is 0 Å². The van der Waals surface area contributed by atoms with E-state index in [4.69, 9.17) is 0 Å². The molecule has 3 heteroatoms. The zero-order valence-corrected chi connectivity index (χ0v) is 6.77. The monoisotopic (exact) mass is 152 g/mol. The average Bonchev–Trinajstić information content (AvgIpc) is 2.35. The second-order valence-corrected chi connectivity index (χ2v) is 3.62. The Balaban J connectivity index is 2.90. The van der Waals surface area contributed by atoms with Crippen LogP contribution >= 0.6 is 11.3 Å². The van der Waals surface area contributed by atoms with Crippen LogP contribution in [0.15, 0.2) is 12.3 Å². The molecule has 0 unspecified atom stereocenters. The lowest BCUT2D eigenvalue weighted by Gasteiger charge is -1.84. The Hall–Kier alpha value is -0.830. The van der Waals surface area contributed by atoms with Crippen LogP contribution in [0.25, 0.3) is 10.2 Å². The number of aryl methyl sites for hydroxylation is 2. The van der Waals surface area contributed by atoms with Gasteiger partial charge in [-0.1, -0.05) is 0 Å². The van der Waals surface area contributed by atoms with Crippen LogP contribution in [-0.2, 0) is 7.05 Å². The van der Waals surface area contributed by atoms with Crippen LogP contribution in [0.4, 0.5) is 0 Å². The van der Waals surface area contributed by atoms with Gasteiger partial charge in [-0.2, -0.15) is 5.10 Å². The third-order valence-electron chi connectivity index (χ3n) is 1.53. The third-order valence-corrected chi connectivity index (χ3v) is 2.66. The Morgan fingerprint density at radius 1 is 1.60 bits per heavy atom. The van der Waals surface area contributed by atoms with Crippen molar-refractivity contribution in [2.45, 2.75) is 6.92 Å². The van der Waals surface area contributed by atoms with Gasteiger partial charge >= 0.3 is 0 Å². The van der Waals surface area contributed by atoms with Crippen LogP contribution in [0, 0.1) is 6.92 Å². The summed E-state index contributed by atoms with van der Waals surface area (Å²) in [4.78, 5) is 2.61. The lowest BCUT2D eigenvalue weighted by molar-refractivity contribution is 0.802. The molecule has 0 atom stereocenters. The summed E-state index contributed by atoms with van der Waals surface area (Å²) in [5.41, 5.74) is 0. The predicted molar refractivity (Wildman–Crippen MR) is 43.3 cm³/mol. The van der Waals surface area contributed by atoms with Gasteiger partial charge < -0.3 is 0 Å². The van der Waals surface area contributed by atoms with Crippen molar-refractivity contribution in [3.05, 3.63) is 17.1 Å². The van der Waals surface area contributed by atoms with E-state index in [1.807, 2.05) is 17.9 Å². The van der Waals surface area contributed by atoms with E-state index in [9.17, 15) is 0 Å². The standard InChI is InChI=1S/C7H8N2S/c1-5-3-6-4-8-9(2)7(6)10-5/h3-4H,1-2H3. The maximum Gasteiger partial charge on any atom is 0.121 e. The number of fused-ring (bicyclic) bond motifs is 1. The Labute approximate surface area is 63.1 Å². The number of rotatable bonds is 0. The lowest BCUT2D eigenvalue weighted by atomic mass is 10.4. The fourth-order valence-corrected chi connectivity index (χ4v) is 1.97. The molecule has 0 saturated heterocycles. The van der Waals surface area contributed by atoms with E-state index >= 15 is 0 Å². The van der Waals surface area contributed by atoms with Crippen molar-refractivity contribution >= 4 is 21.6 Å². The molecule has 0 aromatic carbocycles. The molecule has 2 aromatic rings. The van der Waals surface area contributed by atoms with Crippen molar-refractivity contribution < 1.29 is 0 Å². The minimum Gasteiger partial charge on any atom is -0.258 e. The van der Waals surface area contributed by atoms with Crippen LogP contribution in [-0.4, -0.2) is 9.78 Å². The molecule has 2 aromatic heterocycles. The minimum absolute atomic E-state index is 1.25. The number of nitrogens with zero attached hydrogens (tertiary/aromatic N) is 2. The highest BCUT2D eigenvalue weighted by atomic mass is 32.1. The SMILES string of the molecule is Cc1cc2cnn(C)c2s1. The summed E-state index contributed by atoms with van der Waals surface area (Å²) < 4.78 is 1.91. The first-order chi connectivity index (χ1) is 4.77. The summed E-state index contributed by atoms with van der Waals surface area (Å²) in [7, 11) is 1.97. The average molecular weight is 152 g/mol. The smallest absolute Gasteiger partial charge is 0.121 e. The molecule has 2 nitrogen and oxygen atoms in total. The van der Waals surface area contributed by atoms with Crippen molar-refractivity contribution in [3.8, 4) is 0 Å². The highest BCUT2D eigenvalue weighted by Gasteiger charge is 2.00. The molecule has 10 heavy (non-hydrogen) atoms. The molecule has 0 saturated carbocycles. The van der Waals surface area contributed by atoms with E-state index in [0.29, 0.717) is 0 Å². The van der Waals surface area contributed by atoms with E-state index in [0.717, 1.165) is 0 Å². The largest absolute Gasteiger partial charge is 0.258 e. The molecule has 0 aliphatic carbocycles. The summed E-state index contributed by atoms with van der Waals surface area (Å²) in [6.45, 7) is 2.12. The van der Waals surface area contributed by atoms with Gasteiger partial charge in [-0.15, -0.1) is 11.3 Å². The summed E-state index contributed by atoms with van der Waals surface area (Å²) >= 11 is 1.79. The molecule has 0 amide bonds. The Kier molecular flexibility index (Phi) is 1.08. The van der Waals surface area contributed by atoms with Gasteiger partial charge in [-0.25, -0.2) is 0 Å². The summed E-state index contributed by atoms with van der Waals surface area (Å²) in [6.07, 6.45) is 1.90. The van der Waals surface area contributed by atoms with Gasteiger partial charge in [0.25, 0.3) is 0 Å². The summed E-state index contributed by atoms with van der Waals surface area (Å²) in [5, 5.41) is 5.38. The van der Waals surface area contributed by atoms with Crippen LogP contribution < -0.4 is 0 Å². The maximum absolute atomic E-state index is 4.12. The number of thiophene rings is 1. The Bertz CT molecular complexity index is 358. The fraction of sp³-hybridized carbons (Fsp3) is 0.286. The number of hydrogen-bond acceptors (Lipinski definition) is 2. The van der Waals surface area contributed by atoms with E-state index < -0.39 is 0 Å². The van der Waals surface area contributed by atoms with Crippen molar-refractivity contribution in [2.24, 2.45) is 7.05 Å².